The molecule has 0 N–H and O–H groups in total. The van der Waals surface area contributed by atoms with E-state index in [9.17, 15) is 18.0 Å². The van der Waals surface area contributed by atoms with Crippen LogP contribution in [0.2, 0.25) is 0 Å². The van der Waals surface area contributed by atoms with Gasteiger partial charge in [-0.05, 0) is 61.0 Å². The highest BCUT2D eigenvalue weighted by Gasteiger charge is 2.28. The number of nitrogens with zero attached hydrogens (tertiary/aromatic N) is 4. The van der Waals surface area contributed by atoms with Gasteiger partial charge in [0.2, 0.25) is 0 Å². The van der Waals surface area contributed by atoms with Gasteiger partial charge in [0.1, 0.15) is 17.5 Å². The Bertz CT molecular complexity index is 1400. The molecule has 4 aromatic rings. The van der Waals surface area contributed by atoms with Crippen molar-refractivity contribution in [2.45, 2.75) is 33.0 Å². The number of carbonyl (C=O) groups excluding carboxylic acids is 1. The monoisotopic (exact) mass is 504 g/mol. The molecule has 1 aliphatic heterocycles. The molecule has 5 rings (SSSR count). The van der Waals surface area contributed by atoms with Crippen molar-refractivity contribution in [2.75, 3.05) is 13.1 Å². The molecule has 0 radical (unpaired) electrons. The molecule has 190 valence electrons. The van der Waals surface area contributed by atoms with Crippen molar-refractivity contribution in [3.05, 3.63) is 118 Å². The molecule has 0 aliphatic carbocycles. The van der Waals surface area contributed by atoms with Crippen molar-refractivity contribution in [3.8, 4) is 5.69 Å². The zero-order valence-corrected chi connectivity index (χ0v) is 20.5. The van der Waals surface area contributed by atoms with E-state index in [1.807, 2.05) is 11.6 Å². The van der Waals surface area contributed by atoms with Gasteiger partial charge in [-0.25, -0.2) is 17.9 Å². The summed E-state index contributed by atoms with van der Waals surface area (Å²) in [6.07, 6.45) is 0.703. The molecule has 0 bridgehead atoms. The molecular formula is C29H27F3N4O. The van der Waals surface area contributed by atoms with Gasteiger partial charge in [0.15, 0.2) is 0 Å². The number of benzene rings is 3. The fourth-order valence-corrected chi connectivity index (χ4v) is 4.76. The lowest BCUT2D eigenvalue weighted by molar-refractivity contribution is 0.0745. The summed E-state index contributed by atoms with van der Waals surface area (Å²) in [5.74, 6) is -1.56. The summed E-state index contributed by atoms with van der Waals surface area (Å²) in [6.45, 7) is 4.45. The van der Waals surface area contributed by atoms with Crippen molar-refractivity contribution in [3.63, 3.8) is 0 Å². The highest BCUT2D eigenvalue weighted by molar-refractivity contribution is 5.94. The second-order valence-corrected chi connectivity index (χ2v) is 9.15. The predicted octanol–water partition coefficient (Wildman–Crippen LogP) is 5.51. The standard InChI is InChI=1S/C29H27F3N4O/c1-2-35(29(37)24-5-3-4-6-26(24)32)19-27-25-18-34(17-20-7-9-21(30)10-8-20)16-15-28(25)36(33-27)23-13-11-22(31)12-14-23/h3-14H,2,15-19H2,1H3. The molecule has 0 fully saturated rings. The van der Waals surface area contributed by atoms with Crippen LogP contribution in [0.5, 0.6) is 0 Å². The number of hydrogen-bond donors (Lipinski definition) is 0. The first-order chi connectivity index (χ1) is 17.9. The number of amides is 1. The second-order valence-electron chi connectivity index (χ2n) is 9.15. The van der Waals surface area contributed by atoms with Crippen LogP contribution in [0.1, 0.15) is 39.8 Å². The minimum atomic E-state index is -0.560. The maximum atomic E-state index is 14.4. The lowest BCUT2D eigenvalue weighted by Gasteiger charge is -2.28. The maximum absolute atomic E-state index is 14.4. The molecule has 0 spiro atoms. The van der Waals surface area contributed by atoms with Gasteiger partial charge in [-0.2, -0.15) is 5.10 Å². The third-order valence-corrected chi connectivity index (χ3v) is 6.72. The molecule has 0 atom stereocenters. The minimum Gasteiger partial charge on any atom is -0.333 e. The van der Waals surface area contributed by atoms with Crippen LogP contribution in [0.25, 0.3) is 5.69 Å². The molecule has 1 amide bonds. The van der Waals surface area contributed by atoms with Crippen LogP contribution in [0, 0.1) is 17.5 Å². The van der Waals surface area contributed by atoms with E-state index in [0.717, 1.165) is 34.7 Å². The van der Waals surface area contributed by atoms with Crippen LogP contribution in [0.4, 0.5) is 13.2 Å². The van der Waals surface area contributed by atoms with Crippen LogP contribution >= 0.6 is 0 Å². The molecule has 1 aromatic heterocycles. The van der Waals surface area contributed by atoms with Crippen LogP contribution in [0.3, 0.4) is 0 Å². The Labute approximate surface area is 213 Å². The highest BCUT2D eigenvalue weighted by atomic mass is 19.1. The van der Waals surface area contributed by atoms with Gasteiger partial charge in [-0.3, -0.25) is 9.69 Å². The Morgan fingerprint density at radius 3 is 2.30 bits per heavy atom. The van der Waals surface area contributed by atoms with E-state index in [2.05, 4.69) is 4.90 Å². The normalized spacial score (nSPS) is 13.4. The molecule has 0 saturated heterocycles. The van der Waals surface area contributed by atoms with E-state index < -0.39 is 11.7 Å². The Balaban J connectivity index is 1.47. The third kappa shape index (κ3) is 5.29. The Kier molecular flexibility index (Phi) is 7.10. The zero-order chi connectivity index (χ0) is 25.9. The first-order valence-electron chi connectivity index (χ1n) is 12.3. The number of fused-ring (bicyclic) bond motifs is 1. The number of rotatable bonds is 7. The maximum Gasteiger partial charge on any atom is 0.257 e. The summed E-state index contributed by atoms with van der Waals surface area (Å²) in [6, 6.07) is 18.6. The van der Waals surface area contributed by atoms with Gasteiger partial charge in [-0.1, -0.05) is 24.3 Å². The Morgan fingerprint density at radius 1 is 0.946 bits per heavy atom. The van der Waals surface area contributed by atoms with Crippen LogP contribution < -0.4 is 0 Å². The van der Waals surface area contributed by atoms with Gasteiger partial charge >= 0.3 is 0 Å². The molecule has 37 heavy (non-hydrogen) atoms. The fraction of sp³-hybridized carbons (Fsp3) is 0.241. The SMILES string of the molecule is CCN(Cc1nn(-c2ccc(F)cc2)c2c1CN(Cc1ccc(F)cc1)CC2)C(=O)c1ccccc1F. The van der Waals surface area contributed by atoms with Crippen molar-refractivity contribution < 1.29 is 18.0 Å². The Hall–Kier alpha value is -3.91. The number of carbonyl (C=O) groups is 1. The van der Waals surface area contributed by atoms with Crippen molar-refractivity contribution >= 4 is 5.91 Å². The predicted molar refractivity (Wildman–Crippen MR) is 135 cm³/mol. The van der Waals surface area contributed by atoms with E-state index in [1.165, 1.54) is 36.4 Å². The average molecular weight is 505 g/mol. The summed E-state index contributed by atoms with van der Waals surface area (Å²) in [7, 11) is 0. The van der Waals surface area contributed by atoms with Gasteiger partial charge < -0.3 is 4.90 Å². The van der Waals surface area contributed by atoms with Gasteiger partial charge in [0, 0.05) is 38.2 Å². The molecule has 0 unspecified atom stereocenters. The minimum absolute atomic E-state index is 0.0223. The summed E-state index contributed by atoms with van der Waals surface area (Å²) < 4.78 is 43.1. The number of halogens is 3. The number of aromatic nitrogens is 2. The molecule has 0 saturated carbocycles. The molecule has 8 heteroatoms. The molecule has 3 aromatic carbocycles. The second kappa shape index (κ2) is 10.6. The van der Waals surface area contributed by atoms with E-state index in [4.69, 9.17) is 5.10 Å². The zero-order valence-electron chi connectivity index (χ0n) is 20.5. The largest absolute Gasteiger partial charge is 0.333 e. The summed E-state index contributed by atoms with van der Waals surface area (Å²) in [5, 5.41) is 4.86. The first-order valence-corrected chi connectivity index (χ1v) is 12.3. The van der Waals surface area contributed by atoms with Crippen molar-refractivity contribution in [1.29, 1.82) is 0 Å². The van der Waals surface area contributed by atoms with E-state index in [1.54, 1.807) is 41.3 Å². The van der Waals surface area contributed by atoms with Crippen molar-refractivity contribution in [1.82, 2.24) is 19.6 Å². The fourth-order valence-electron chi connectivity index (χ4n) is 4.76. The third-order valence-electron chi connectivity index (χ3n) is 6.72. The summed E-state index contributed by atoms with van der Waals surface area (Å²) in [5.41, 5.74) is 4.48. The molecular weight excluding hydrogens is 477 g/mol. The molecule has 1 aliphatic rings. The Morgan fingerprint density at radius 2 is 1.62 bits per heavy atom. The summed E-state index contributed by atoms with van der Waals surface area (Å²) >= 11 is 0. The lowest BCUT2D eigenvalue weighted by atomic mass is 10.0. The smallest absolute Gasteiger partial charge is 0.257 e. The molecule has 5 nitrogen and oxygen atoms in total. The van der Waals surface area contributed by atoms with Gasteiger partial charge in [-0.15, -0.1) is 0 Å². The van der Waals surface area contributed by atoms with E-state index in [-0.39, 0.29) is 23.7 Å². The van der Waals surface area contributed by atoms with Gasteiger partial charge in [0.25, 0.3) is 5.91 Å². The van der Waals surface area contributed by atoms with E-state index >= 15 is 0 Å². The van der Waals surface area contributed by atoms with Crippen molar-refractivity contribution in [2.24, 2.45) is 0 Å². The molecule has 2 heterocycles. The average Bonchev–Trinajstić information content (AvgIpc) is 3.26. The van der Waals surface area contributed by atoms with Crippen LogP contribution in [0.15, 0.2) is 72.8 Å². The van der Waals surface area contributed by atoms with Crippen LogP contribution in [-0.4, -0.2) is 38.6 Å². The number of hydrogen-bond acceptors (Lipinski definition) is 3. The highest BCUT2D eigenvalue weighted by Crippen LogP contribution is 2.28. The van der Waals surface area contributed by atoms with Crippen LogP contribution in [-0.2, 0) is 26.1 Å². The quantitative estimate of drug-likeness (QED) is 0.333. The first kappa shape index (κ1) is 24.8. The van der Waals surface area contributed by atoms with E-state index in [0.29, 0.717) is 26.1 Å². The van der Waals surface area contributed by atoms with Gasteiger partial charge in [0.05, 0.1) is 29.2 Å². The summed E-state index contributed by atoms with van der Waals surface area (Å²) in [4.78, 5) is 17.0. The topological polar surface area (TPSA) is 41.4 Å². The lowest BCUT2D eigenvalue weighted by Crippen LogP contribution is -2.33.